The van der Waals surface area contributed by atoms with E-state index in [0.717, 1.165) is 44.1 Å². The maximum atomic E-state index is 13.5. The number of rotatable bonds is 7. The van der Waals surface area contributed by atoms with E-state index in [4.69, 9.17) is 9.47 Å². The van der Waals surface area contributed by atoms with Gasteiger partial charge in [-0.3, -0.25) is 4.79 Å². The highest BCUT2D eigenvalue weighted by atomic mass is 16.5. The van der Waals surface area contributed by atoms with E-state index in [2.05, 4.69) is 5.32 Å². The molecule has 1 unspecified atom stereocenters. The van der Waals surface area contributed by atoms with Crippen LogP contribution in [-0.4, -0.2) is 25.1 Å². The van der Waals surface area contributed by atoms with Crippen LogP contribution in [0.15, 0.2) is 48.5 Å². The van der Waals surface area contributed by atoms with E-state index in [1.807, 2.05) is 44.2 Å². The Labute approximate surface area is 178 Å². The highest BCUT2D eigenvalue weighted by Crippen LogP contribution is 2.40. The molecule has 1 saturated carbocycles. The molecule has 0 spiro atoms. The van der Waals surface area contributed by atoms with Crippen LogP contribution in [0.1, 0.15) is 68.3 Å². The molecule has 160 valence electrons. The molecule has 1 N–H and O–H groups in total. The average Bonchev–Trinajstić information content (AvgIpc) is 2.80. The molecule has 0 aromatic heterocycles. The van der Waals surface area contributed by atoms with Crippen LogP contribution in [0.25, 0.3) is 0 Å². The first-order valence-corrected chi connectivity index (χ1v) is 10.8. The number of amides is 1. The second-order valence-electron chi connectivity index (χ2n) is 8.00. The van der Waals surface area contributed by atoms with Crippen LogP contribution in [0.5, 0.6) is 5.75 Å². The third-order valence-electron chi connectivity index (χ3n) is 6.01. The van der Waals surface area contributed by atoms with E-state index >= 15 is 0 Å². The predicted octanol–water partition coefficient (Wildman–Crippen LogP) is 5.49. The first kappa shape index (κ1) is 21.9. The molecular weight excluding hydrogens is 378 g/mol. The van der Waals surface area contributed by atoms with Crippen molar-refractivity contribution in [3.8, 4) is 5.75 Å². The van der Waals surface area contributed by atoms with Crippen molar-refractivity contribution in [1.29, 1.82) is 0 Å². The summed E-state index contributed by atoms with van der Waals surface area (Å²) in [5.41, 5.74) is 1.38. The van der Waals surface area contributed by atoms with E-state index in [1.54, 1.807) is 18.2 Å². The van der Waals surface area contributed by atoms with Gasteiger partial charge in [0.15, 0.2) is 0 Å². The van der Waals surface area contributed by atoms with Crippen molar-refractivity contribution in [3.05, 3.63) is 59.7 Å². The maximum absolute atomic E-state index is 13.5. The minimum absolute atomic E-state index is 0.0280. The van der Waals surface area contributed by atoms with E-state index in [9.17, 15) is 9.59 Å². The molecule has 1 amide bonds. The van der Waals surface area contributed by atoms with E-state index < -0.39 is 11.4 Å². The van der Waals surface area contributed by atoms with Crippen LogP contribution >= 0.6 is 0 Å². The zero-order chi connectivity index (χ0) is 21.6. The lowest BCUT2D eigenvalue weighted by Gasteiger charge is -2.36. The van der Waals surface area contributed by atoms with Gasteiger partial charge in [-0.1, -0.05) is 56.5 Å². The molecule has 1 atom stereocenters. The molecule has 0 radical (unpaired) electrons. The van der Waals surface area contributed by atoms with Gasteiger partial charge in [0.05, 0.1) is 18.6 Å². The molecule has 0 heterocycles. The number of methoxy groups -OCH3 is 1. The zero-order valence-electron chi connectivity index (χ0n) is 18.1. The SMILES string of the molecule is CCC(C)Oc1ccc(NC(=O)C2(c3ccccc3)CCCCC2)cc1C(=O)OC. The summed E-state index contributed by atoms with van der Waals surface area (Å²) < 4.78 is 10.8. The second kappa shape index (κ2) is 9.79. The molecule has 5 heteroatoms. The van der Waals surface area contributed by atoms with E-state index in [-0.39, 0.29) is 12.0 Å². The number of nitrogens with one attached hydrogen (secondary N) is 1. The number of ether oxygens (including phenoxy) is 2. The van der Waals surface area contributed by atoms with Gasteiger partial charge in [0.1, 0.15) is 11.3 Å². The fraction of sp³-hybridized carbons (Fsp3) is 0.440. The molecule has 1 fully saturated rings. The van der Waals surface area contributed by atoms with Crippen LogP contribution in [-0.2, 0) is 14.9 Å². The smallest absolute Gasteiger partial charge is 0.341 e. The maximum Gasteiger partial charge on any atom is 0.341 e. The Morgan fingerprint density at radius 2 is 1.77 bits per heavy atom. The van der Waals surface area contributed by atoms with Gasteiger partial charge in [-0.05, 0) is 49.9 Å². The summed E-state index contributed by atoms with van der Waals surface area (Å²) in [6, 6.07) is 15.2. The lowest BCUT2D eigenvalue weighted by Crippen LogP contribution is -2.42. The van der Waals surface area contributed by atoms with Gasteiger partial charge in [0, 0.05) is 5.69 Å². The normalized spacial score (nSPS) is 16.4. The van der Waals surface area contributed by atoms with E-state index in [0.29, 0.717) is 17.0 Å². The van der Waals surface area contributed by atoms with Crippen molar-refractivity contribution in [2.75, 3.05) is 12.4 Å². The topological polar surface area (TPSA) is 64.6 Å². The van der Waals surface area contributed by atoms with Gasteiger partial charge in [-0.25, -0.2) is 4.79 Å². The Hall–Kier alpha value is -2.82. The summed E-state index contributed by atoms with van der Waals surface area (Å²) in [5, 5.41) is 3.06. The highest BCUT2D eigenvalue weighted by molar-refractivity contribution is 6.01. The molecule has 3 rings (SSSR count). The lowest BCUT2D eigenvalue weighted by atomic mass is 9.68. The molecule has 1 aliphatic carbocycles. The lowest BCUT2D eigenvalue weighted by molar-refractivity contribution is -0.122. The molecule has 30 heavy (non-hydrogen) atoms. The molecule has 2 aromatic rings. The highest BCUT2D eigenvalue weighted by Gasteiger charge is 2.41. The summed E-state index contributed by atoms with van der Waals surface area (Å²) in [6.07, 6.45) is 5.63. The number of hydrogen-bond donors (Lipinski definition) is 1. The van der Waals surface area contributed by atoms with Crippen molar-refractivity contribution < 1.29 is 19.1 Å². The Kier molecular flexibility index (Phi) is 7.14. The van der Waals surface area contributed by atoms with Gasteiger partial charge in [-0.2, -0.15) is 0 Å². The van der Waals surface area contributed by atoms with Crippen LogP contribution < -0.4 is 10.1 Å². The van der Waals surface area contributed by atoms with Crippen LogP contribution in [0.3, 0.4) is 0 Å². The van der Waals surface area contributed by atoms with Gasteiger partial charge in [0.25, 0.3) is 0 Å². The number of benzene rings is 2. The number of carbonyl (C=O) groups is 2. The number of esters is 1. The van der Waals surface area contributed by atoms with E-state index in [1.165, 1.54) is 7.11 Å². The number of hydrogen-bond acceptors (Lipinski definition) is 4. The Bertz CT molecular complexity index is 872. The third kappa shape index (κ3) is 4.66. The monoisotopic (exact) mass is 409 g/mol. The van der Waals surface area contributed by atoms with Gasteiger partial charge >= 0.3 is 5.97 Å². The summed E-state index contributed by atoms with van der Waals surface area (Å²) in [6.45, 7) is 3.97. The largest absolute Gasteiger partial charge is 0.490 e. The molecule has 1 aliphatic rings. The zero-order valence-corrected chi connectivity index (χ0v) is 18.1. The van der Waals surface area contributed by atoms with Gasteiger partial charge < -0.3 is 14.8 Å². The molecule has 0 bridgehead atoms. The van der Waals surface area contributed by atoms with Crippen molar-refractivity contribution in [3.63, 3.8) is 0 Å². The molecular formula is C25H31NO4. The summed E-state index contributed by atoms with van der Waals surface area (Å²) in [7, 11) is 1.34. The number of carbonyl (C=O) groups excluding carboxylic acids is 2. The van der Waals surface area contributed by atoms with Crippen molar-refractivity contribution in [2.24, 2.45) is 0 Å². The van der Waals surface area contributed by atoms with Crippen LogP contribution in [0.4, 0.5) is 5.69 Å². The van der Waals surface area contributed by atoms with Gasteiger partial charge in [0.2, 0.25) is 5.91 Å². The Morgan fingerprint density at radius 3 is 2.40 bits per heavy atom. The van der Waals surface area contributed by atoms with Crippen molar-refractivity contribution in [2.45, 2.75) is 63.9 Å². The quantitative estimate of drug-likeness (QED) is 0.614. The van der Waals surface area contributed by atoms with Gasteiger partial charge in [-0.15, -0.1) is 0 Å². The molecule has 0 saturated heterocycles. The fourth-order valence-electron chi connectivity index (χ4n) is 4.09. The predicted molar refractivity (Wildman–Crippen MR) is 118 cm³/mol. The molecule has 5 nitrogen and oxygen atoms in total. The van der Waals surface area contributed by atoms with Crippen molar-refractivity contribution >= 4 is 17.6 Å². The summed E-state index contributed by atoms with van der Waals surface area (Å²) in [4.78, 5) is 25.8. The standard InChI is InChI=1S/C25H31NO4/c1-4-18(2)30-22-14-13-20(17-21(22)23(27)29-3)26-24(28)25(15-9-6-10-16-25)19-11-7-5-8-12-19/h5,7-8,11-14,17-18H,4,6,9-10,15-16H2,1-3H3,(H,26,28). The average molecular weight is 410 g/mol. The molecule has 2 aromatic carbocycles. The molecule has 0 aliphatic heterocycles. The first-order chi connectivity index (χ1) is 14.5. The second-order valence-corrected chi connectivity index (χ2v) is 8.00. The Balaban J connectivity index is 1.90. The minimum atomic E-state index is -0.545. The summed E-state index contributed by atoms with van der Waals surface area (Å²) >= 11 is 0. The fourth-order valence-corrected chi connectivity index (χ4v) is 4.09. The first-order valence-electron chi connectivity index (χ1n) is 10.8. The van der Waals surface area contributed by atoms with Crippen LogP contribution in [0, 0.1) is 0 Å². The minimum Gasteiger partial charge on any atom is -0.490 e. The van der Waals surface area contributed by atoms with Crippen molar-refractivity contribution in [1.82, 2.24) is 0 Å². The number of anilines is 1. The summed E-state index contributed by atoms with van der Waals surface area (Å²) in [5.74, 6) is -0.0516. The van der Waals surface area contributed by atoms with Crippen LogP contribution in [0.2, 0.25) is 0 Å². The Morgan fingerprint density at radius 1 is 1.07 bits per heavy atom. The third-order valence-corrected chi connectivity index (χ3v) is 6.01.